The third-order valence-corrected chi connectivity index (χ3v) is 2.49. The second kappa shape index (κ2) is 5.30. The number of aromatic nitrogens is 1. The average Bonchev–Trinajstić information content (AvgIpc) is 2.24. The van der Waals surface area contributed by atoms with Crippen LogP contribution in [0.1, 0.15) is 44.7 Å². The monoisotopic (exact) mass is 291 g/mol. The highest BCUT2D eigenvalue weighted by molar-refractivity contribution is 5.78. The Bertz CT molecular complexity index is 555. The number of hydrogen-bond donors (Lipinski definition) is 1. The van der Waals surface area contributed by atoms with E-state index >= 15 is 0 Å². The second-order valence-electron chi connectivity index (χ2n) is 5.43. The number of pyridine rings is 1. The van der Waals surface area contributed by atoms with Gasteiger partial charge in [-0.15, -0.1) is 0 Å². The summed E-state index contributed by atoms with van der Waals surface area (Å²) in [5.74, 6) is -1.56. The summed E-state index contributed by atoms with van der Waals surface area (Å²) in [5.41, 5.74) is -3.25. The summed E-state index contributed by atoms with van der Waals surface area (Å²) in [6.45, 7) is 6.39. The number of halogens is 3. The number of rotatable bonds is 2. The van der Waals surface area contributed by atoms with Crippen LogP contribution in [-0.2, 0) is 15.7 Å². The van der Waals surface area contributed by atoms with Crippen molar-refractivity contribution in [3.63, 3.8) is 0 Å². The van der Waals surface area contributed by atoms with Gasteiger partial charge in [0.1, 0.15) is 11.2 Å². The summed E-state index contributed by atoms with van der Waals surface area (Å²) in [7, 11) is 0. The Morgan fingerprint density at radius 1 is 1.30 bits per heavy atom. The molecule has 1 aromatic heterocycles. The number of hydrogen-bond acceptors (Lipinski definition) is 3. The molecule has 0 saturated carbocycles. The average molecular weight is 291 g/mol. The molecule has 0 aliphatic rings. The Hall–Kier alpha value is -1.79. The Morgan fingerprint density at radius 3 is 2.30 bits per heavy atom. The van der Waals surface area contributed by atoms with E-state index in [-0.39, 0.29) is 5.56 Å². The van der Waals surface area contributed by atoms with Crippen LogP contribution in [0.4, 0.5) is 13.2 Å². The molecule has 20 heavy (non-hydrogen) atoms. The number of carbonyl (C=O) groups excluding carboxylic acids is 1. The molecule has 0 aromatic carbocycles. The number of nitrogens with one attached hydrogen (secondary N) is 1. The van der Waals surface area contributed by atoms with E-state index < -0.39 is 34.8 Å². The number of carbonyl (C=O) groups is 1. The van der Waals surface area contributed by atoms with Crippen molar-refractivity contribution in [3.8, 4) is 0 Å². The summed E-state index contributed by atoms with van der Waals surface area (Å²) in [6, 6.07) is 0.674. The molecular formula is C13H16F3NO3. The first kappa shape index (κ1) is 16.3. The zero-order valence-electron chi connectivity index (χ0n) is 11.6. The van der Waals surface area contributed by atoms with Gasteiger partial charge in [-0.1, -0.05) is 0 Å². The van der Waals surface area contributed by atoms with Gasteiger partial charge in [0, 0.05) is 6.20 Å². The summed E-state index contributed by atoms with van der Waals surface area (Å²) < 4.78 is 43.0. The Kier molecular flexibility index (Phi) is 4.31. The molecule has 4 nitrogen and oxygen atoms in total. The maximum atomic E-state index is 12.6. The van der Waals surface area contributed by atoms with Crippen molar-refractivity contribution < 1.29 is 22.7 Å². The highest BCUT2D eigenvalue weighted by Gasteiger charge is 2.35. The van der Waals surface area contributed by atoms with Crippen molar-refractivity contribution >= 4 is 5.97 Å². The van der Waals surface area contributed by atoms with Crippen molar-refractivity contribution in [1.82, 2.24) is 4.98 Å². The Labute approximate surface area is 114 Å². The van der Waals surface area contributed by atoms with E-state index in [1.54, 1.807) is 20.8 Å². The van der Waals surface area contributed by atoms with Gasteiger partial charge in [-0.05, 0) is 39.3 Å². The van der Waals surface area contributed by atoms with Gasteiger partial charge in [0.2, 0.25) is 0 Å². The molecular weight excluding hydrogens is 275 g/mol. The maximum Gasteiger partial charge on any atom is 0.421 e. The Balaban J connectivity index is 3.09. The normalized spacial score (nSPS) is 13.9. The van der Waals surface area contributed by atoms with E-state index in [1.165, 1.54) is 6.92 Å². The molecule has 0 radical (unpaired) electrons. The first-order chi connectivity index (χ1) is 8.92. The largest absolute Gasteiger partial charge is 0.460 e. The van der Waals surface area contributed by atoms with Gasteiger partial charge in [-0.25, -0.2) is 0 Å². The fraction of sp³-hybridized carbons (Fsp3) is 0.538. The molecule has 0 fully saturated rings. The maximum absolute atomic E-state index is 12.6. The molecule has 0 spiro atoms. The minimum atomic E-state index is -4.77. The fourth-order valence-electron chi connectivity index (χ4n) is 1.49. The minimum absolute atomic E-state index is 0.0474. The molecule has 1 rings (SSSR count). The topological polar surface area (TPSA) is 59.2 Å². The summed E-state index contributed by atoms with van der Waals surface area (Å²) in [5, 5.41) is 0. The molecule has 1 aromatic rings. The van der Waals surface area contributed by atoms with Crippen LogP contribution in [0.3, 0.4) is 0 Å². The molecule has 0 saturated heterocycles. The zero-order valence-corrected chi connectivity index (χ0v) is 11.6. The minimum Gasteiger partial charge on any atom is -0.460 e. The molecule has 1 heterocycles. The van der Waals surface area contributed by atoms with Crippen LogP contribution in [0.15, 0.2) is 17.1 Å². The smallest absolute Gasteiger partial charge is 0.421 e. The summed E-state index contributed by atoms with van der Waals surface area (Å²) >= 11 is 0. The number of aromatic amines is 1. The first-order valence-electron chi connectivity index (χ1n) is 5.94. The quantitative estimate of drug-likeness (QED) is 0.852. The SMILES string of the molecule is CC(C(=O)OC(C)(C)C)c1c[nH]c(=O)c(C(F)(F)F)c1. The fourth-order valence-corrected chi connectivity index (χ4v) is 1.49. The number of alkyl halides is 3. The molecule has 1 unspecified atom stereocenters. The third-order valence-electron chi connectivity index (χ3n) is 2.49. The van der Waals surface area contributed by atoms with Crippen LogP contribution in [-0.4, -0.2) is 16.6 Å². The summed E-state index contributed by atoms with van der Waals surface area (Å²) in [6.07, 6.45) is -3.68. The highest BCUT2D eigenvalue weighted by atomic mass is 19.4. The molecule has 7 heteroatoms. The van der Waals surface area contributed by atoms with Gasteiger partial charge >= 0.3 is 12.1 Å². The Morgan fingerprint density at radius 2 is 1.85 bits per heavy atom. The molecule has 1 atom stereocenters. The van der Waals surface area contributed by atoms with Crippen molar-refractivity contribution in [2.75, 3.05) is 0 Å². The summed E-state index contributed by atoms with van der Waals surface area (Å²) in [4.78, 5) is 24.9. The van der Waals surface area contributed by atoms with Crippen molar-refractivity contribution in [1.29, 1.82) is 0 Å². The van der Waals surface area contributed by atoms with E-state index in [4.69, 9.17) is 4.74 Å². The van der Waals surface area contributed by atoms with Crippen LogP contribution < -0.4 is 5.56 Å². The molecule has 112 valence electrons. The van der Waals surface area contributed by atoms with Crippen LogP contribution in [0.2, 0.25) is 0 Å². The standard InChI is InChI=1S/C13H16F3NO3/c1-7(11(19)20-12(2,3)4)8-5-9(13(14,15)16)10(18)17-6-8/h5-7H,1-4H3,(H,17,18). The third kappa shape index (κ3) is 4.11. The van der Waals surface area contributed by atoms with E-state index in [2.05, 4.69) is 0 Å². The second-order valence-corrected chi connectivity index (χ2v) is 5.43. The number of ether oxygens (including phenoxy) is 1. The van der Waals surface area contributed by atoms with Crippen LogP contribution in [0.25, 0.3) is 0 Å². The lowest BCUT2D eigenvalue weighted by Crippen LogP contribution is -2.28. The van der Waals surface area contributed by atoms with Crippen molar-refractivity contribution in [2.45, 2.75) is 45.4 Å². The number of H-pyrrole nitrogens is 1. The van der Waals surface area contributed by atoms with Crippen molar-refractivity contribution in [2.24, 2.45) is 0 Å². The van der Waals surface area contributed by atoms with Crippen molar-refractivity contribution in [3.05, 3.63) is 33.7 Å². The molecule has 1 N–H and O–H groups in total. The van der Waals surface area contributed by atoms with Crippen LogP contribution in [0.5, 0.6) is 0 Å². The van der Waals surface area contributed by atoms with Gasteiger partial charge < -0.3 is 9.72 Å². The lowest BCUT2D eigenvalue weighted by atomic mass is 10.0. The van der Waals surface area contributed by atoms with Gasteiger partial charge in [-0.3, -0.25) is 9.59 Å². The van der Waals surface area contributed by atoms with Crippen LogP contribution >= 0.6 is 0 Å². The van der Waals surface area contributed by atoms with E-state index in [1.807, 2.05) is 4.98 Å². The molecule has 0 bridgehead atoms. The van der Waals surface area contributed by atoms with Gasteiger partial charge in [-0.2, -0.15) is 13.2 Å². The van der Waals surface area contributed by atoms with Crippen LogP contribution in [0, 0.1) is 0 Å². The zero-order chi connectivity index (χ0) is 15.7. The number of esters is 1. The molecule has 0 aliphatic carbocycles. The predicted molar refractivity (Wildman–Crippen MR) is 66.3 cm³/mol. The lowest BCUT2D eigenvalue weighted by Gasteiger charge is -2.22. The van der Waals surface area contributed by atoms with E-state index in [0.717, 1.165) is 6.20 Å². The first-order valence-corrected chi connectivity index (χ1v) is 5.94. The van der Waals surface area contributed by atoms with E-state index in [0.29, 0.717) is 6.07 Å². The van der Waals surface area contributed by atoms with Gasteiger partial charge in [0.15, 0.2) is 0 Å². The highest BCUT2D eigenvalue weighted by Crippen LogP contribution is 2.28. The van der Waals surface area contributed by atoms with Gasteiger partial charge in [0.25, 0.3) is 5.56 Å². The van der Waals surface area contributed by atoms with Gasteiger partial charge in [0.05, 0.1) is 5.92 Å². The lowest BCUT2D eigenvalue weighted by molar-refractivity contribution is -0.156. The molecule has 0 amide bonds. The predicted octanol–water partition coefficient (Wildman–Crippen LogP) is 2.84. The molecule has 0 aliphatic heterocycles. The van der Waals surface area contributed by atoms with E-state index in [9.17, 15) is 22.8 Å².